The van der Waals surface area contributed by atoms with Crippen LogP contribution < -0.4 is 5.32 Å². The lowest BCUT2D eigenvalue weighted by molar-refractivity contribution is -0.133. The summed E-state index contributed by atoms with van der Waals surface area (Å²) in [5.74, 6) is 0.00150. The maximum absolute atomic E-state index is 13.8. The zero-order valence-corrected chi connectivity index (χ0v) is 21.5. The van der Waals surface area contributed by atoms with Crippen LogP contribution >= 0.6 is 11.3 Å². The molecule has 3 aliphatic rings. The summed E-state index contributed by atoms with van der Waals surface area (Å²) in [6.45, 7) is 8.40. The number of carbonyl (C=O) groups is 2. The van der Waals surface area contributed by atoms with Gasteiger partial charge in [-0.1, -0.05) is 25.7 Å². The summed E-state index contributed by atoms with van der Waals surface area (Å²) in [7, 11) is 2.17. The molecular weight excluding hydrogens is 446 g/mol. The number of hydrogen-bond donors (Lipinski definition) is 1. The van der Waals surface area contributed by atoms with Gasteiger partial charge in [0.2, 0.25) is 5.91 Å². The molecule has 1 unspecified atom stereocenters. The van der Waals surface area contributed by atoms with Crippen molar-refractivity contribution < 1.29 is 9.59 Å². The summed E-state index contributed by atoms with van der Waals surface area (Å²) in [4.78, 5) is 34.3. The summed E-state index contributed by atoms with van der Waals surface area (Å²) in [6, 6.07) is 4.31. The Kier molecular flexibility index (Phi) is 7.00. The molecule has 2 aromatic heterocycles. The number of fused-ring (bicyclic) bond motifs is 3. The number of rotatable bonds is 6. The average molecular weight is 486 g/mol. The molecule has 0 aromatic carbocycles. The van der Waals surface area contributed by atoms with Crippen molar-refractivity contribution in [2.45, 2.75) is 70.0 Å². The van der Waals surface area contributed by atoms with Gasteiger partial charge in [0, 0.05) is 38.8 Å². The van der Waals surface area contributed by atoms with E-state index in [2.05, 4.69) is 38.2 Å². The Bertz CT molecular complexity index is 1020. The Balaban J connectivity index is 1.36. The molecule has 186 valence electrons. The molecule has 8 heteroatoms. The predicted molar refractivity (Wildman–Crippen MR) is 137 cm³/mol. The molecule has 2 fully saturated rings. The molecular formula is C26H39N5O2S. The molecule has 0 radical (unpaired) electrons. The van der Waals surface area contributed by atoms with Crippen molar-refractivity contribution in [2.75, 3.05) is 46.3 Å². The summed E-state index contributed by atoms with van der Waals surface area (Å²) in [5.41, 5.74) is 0.909. The lowest BCUT2D eigenvalue weighted by Crippen LogP contribution is -2.65. The van der Waals surface area contributed by atoms with E-state index in [1.807, 2.05) is 17.9 Å². The molecule has 1 saturated carbocycles. The van der Waals surface area contributed by atoms with Crippen LogP contribution in [0.2, 0.25) is 0 Å². The number of likely N-dealkylation sites (N-methyl/N-ethyl adjacent to an activating group) is 1. The first kappa shape index (κ1) is 23.8. The van der Waals surface area contributed by atoms with E-state index in [0.717, 1.165) is 67.9 Å². The summed E-state index contributed by atoms with van der Waals surface area (Å²) in [6.07, 6.45) is 7.83. The molecule has 2 aromatic rings. The lowest BCUT2D eigenvalue weighted by atomic mass is 9.93. The number of amides is 2. The number of thiophene rings is 1. The zero-order chi connectivity index (χ0) is 23.7. The second kappa shape index (κ2) is 9.99. The van der Waals surface area contributed by atoms with Crippen LogP contribution in [0.3, 0.4) is 0 Å². The highest BCUT2D eigenvalue weighted by Crippen LogP contribution is 2.34. The molecule has 4 heterocycles. The van der Waals surface area contributed by atoms with Crippen LogP contribution in [0, 0.1) is 0 Å². The molecule has 0 bridgehead atoms. The van der Waals surface area contributed by atoms with Gasteiger partial charge in [-0.25, -0.2) is 0 Å². The summed E-state index contributed by atoms with van der Waals surface area (Å²) < 4.78 is 3.20. The van der Waals surface area contributed by atoms with Gasteiger partial charge in [0.05, 0.1) is 16.8 Å². The molecule has 2 aliphatic heterocycles. The van der Waals surface area contributed by atoms with Gasteiger partial charge >= 0.3 is 0 Å². The van der Waals surface area contributed by atoms with E-state index in [1.54, 1.807) is 11.3 Å². The van der Waals surface area contributed by atoms with Crippen LogP contribution in [0.4, 0.5) is 0 Å². The highest BCUT2D eigenvalue weighted by Gasteiger charge is 2.48. The first-order chi connectivity index (χ1) is 16.5. The second-order valence-electron chi connectivity index (χ2n) is 10.7. The van der Waals surface area contributed by atoms with E-state index in [0.29, 0.717) is 13.1 Å². The normalized spacial score (nSPS) is 25.5. The van der Waals surface area contributed by atoms with E-state index in [1.165, 1.54) is 25.7 Å². The summed E-state index contributed by atoms with van der Waals surface area (Å²) >= 11 is 1.66. The number of hydrogen-bond acceptors (Lipinski definition) is 5. The fourth-order valence-corrected chi connectivity index (χ4v) is 6.73. The third-order valence-electron chi connectivity index (χ3n) is 8.18. The van der Waals surface area contributed by atoms with Gasteiger partial charge in [0.25, 0.3) is 5.91 Å². The van der Waals surface area contributed by atoms with Gasteiger partial charge in [-0.3, -0.25) is 9.59 Å². The smallest absolute Gasteiger partial charge is 0.271 e. The van der Waals surface area contributed by atoms with Gasteiger partial charge in [0.15, 0.2) is 0 Å². The fourth-order valence-electron chi connectivity index (χ4n) is 5.91. The number of nitrogens with one attached hydrogen (secondary N) is 1. The Morgan fingerprint density at radius 3 is 2.59 bits per heavy atom. The monoisotopic (exact) mass is 485 g/mol. The molecule has 34 heavy (non-hydrogen) atoms. The van der Waals surface area contributed by atoms with Gasteiger partial charge < -0.3 is 24.6 Å². The van der Waals surface area contributed by atoms with Crippen molar-refractivity contribution >= 4 is 33.4 Å². The maximum atomic E-state index is 13.8. The molecule has 0 spiro atoms. The standard InChI is InChI=1S/C26H39N5O2S/c1-26(25(33)27-20-8-5-3-4-6-9-20)19-30-21-10-17-34-23(21)18-22(30)24(32)31(26)12-7-11-29-15-13-28(2)14-16-29/h10,17-18,20H,3-9,11-16,19H2,1-2H3,(H,27,33). The van der Waals surface area contributed by atoms with Gasteiger partial charge in [-0.05, 0) is 57.3 Å². The molecule has 5 rings (SSSR count). The van der Waals surface area contributed by atoms with Crippen LogP contribution in [-0.2, 0) is 11.3 Å². The Morgan fingerprint density at radius 1 is 1.12 bits per heavy atom. The number of carbonyl (C=O) groups excluding carboxylic acids is 2. The topological polar surface area (TPSA) is 60.8 Å². The highest BCUT2D eigenvalue weighted by molar-refractivity contribution is 7.17. The van der Waals surface area contributed by atoms with E-state index in [4.69, 9.17) is 0 Å². The average Bonchev–Trinajstić information content (AvgIpc) is 3.32. The Morgan fingerprint density at radius 2 is 1.85 bits per heavy atom. The van der Waals surface area contributed by atoms with Crippen LogP contribution in [0.15, 0.2) is 17.5 Å². The van der Waals surface area contributed by atoms with Gasteiger partial charge in [-0.15, -0.1) is 11.3 Å². The lowest BCUT2D eigenvalue weighted by Gasteiger charge is -2.45. The minimum atomic E-state index is -0.883. The Labute approximate surface area is 207 Å². The van der Waals surface area contributed by atoms with Gasteiger partial charge in [0.1, 0.15) is 11.2 Å². The zero-order valence-electron chi connectivity index (χ0n) is 20.7. The Hall–Kier alpha value is -1.90. The third-order valence-corrected chi connectivity index (χ3v) is 9.03. The molecule has 1 N–H and O–H groups in total. The first-order valence-electron chi connectivity index (χ1n) is 13.1. The number of piperazine rings is 1. The van der Waals surface area contributed by atoms with Crippen LogP contribution in [-0.4, -0.2) is 89.0 Å². The predicted octanol–water partition coefficient (Wildman–Crippen LogP) is 3.39. The molecule has 1 aliphatic carbocycles. The fraction of sp³-hybridized carbons (Fsp3) is 0.692. The molecule has 1 saturated heterocycles. The van der Waals surface area contributed by atoms with Crippen molar-refractivity contribution in [2.24, 2.45) is 0 Å². The summed E-state index contributed by atoms with van der Waals surface area (Å²) in [5, 5.41) is 5.43. The quantitative estimate of drug-likeness (QED) is 0.637. The van der Waals surface area contributed by atoms with E-state index < -0.39 is 5.54 Å². The van der Waals surface area contributed by atoms with E-state index in [9.17, 15) is 9.59 Å². The number of aromatic nitrogens is 1. The second-order valence-corrected chi connectivity index (χ2v) is 11.6. The first-order valence-corrected chi connectivity index (χ1v) is 13.9. The van der Waals surface area contributed by atoms with E-state index >= 15 is 0 Å². The van der Waals surface area contributed by atoms with Crippen molar-refractivity contribution in [3.63, 3.8) is 0 Å². The van der Waals surface area contributed by atoms with Crippen LogP contribution in [0.5, 0.6) is 0 Å². The molecule has 2 amide bonds. The van der Waals surface area contributed by atoms with E-state index in [-0.39, 0.29) is 17.9 Å². The van der Waals surface area contributed by atoms with Crippen LogP contribution in [0.1, 0.15) is 62.4 Å². The maximum Gasteiger partial charge on any atom is 0.271 e. The largest absolute Gasteiger partial charge is 0.351 e. The molecule has 1 atom stereocenters. The minimum absolute atomic E-state index is 0.00783. The minimum Gasteiger partial charge on any atom is -0.351 e. The van der Waals surface area contributed by atoms with Crippen molar-refractivity contribution in [1.82, 2.24) is 24.6 Å². The third kappa shape index (κ3) is 4.64. The van der Waals surface area contributed by atoms with Crippen LogP contribution in [0.25, 0.3) is 10.2 Å². The molecule has 7 nitrogen and oxygen atoms in total. The van der Waals surface area contributed by atoms with Crippen molar-refractivity contribution in [3.05, 3.63) is 23.2 Å². The van der Waals surface area contributed by atoms with Crippen molar-refractivity contribution in [1.29, 1.82) is 0 Å². The SMILES string of the molecule is CN1CCN(CCCN2C(=O)c3cc4sccc4n3CC2(C)C(=O)NC2CCCCCC2)CC1. The highest BCUT2D eigenvalue weighted by atomic mass is 32.1. The van der Waals surface area contributed by atoms with Crippen molar-refractivity contribution in [3.8, 4) is 0 Å². The number of nitrogens with zero attached hydrogens (tertiary/aromatic N) is 4. The van der Waals surface area contributed by atoms with Gasteiger partial charge in [-0.2, -0.15) is 0 Å².